The molecule has 4 rings (SSSR count). The summed E-state index contributed by atoms with van der Waals surface area (Å²) in [5.74, 6) is -0.511. The van der Waals surface area contributed by atoms with Crippen LogP contribution < -0.4 is 10.2 Å². The summed E-state index contributed by atoms with van der Waals surface area (Å²) < 4.78 is 7.66. The highest BCUT2D eigenvalue weighted by Gasteiger charge is 2.29. The molecule has 180 valence electrons. The molecule has 34 heavy (non-hydrogen) atoms. The van der Waals surface area contributed by atoms with Crippen LogP contribution in [-0.4, -0.2) is 42.0 Å². The number of methoxy groups -OCH3 is 1. The third-order valence-electron chi connectivity index (χ3n) is 6.67. The zero-order valence-electron chi connectivity index (χ0n) is 19.9. The van der Waals surface area contributed by atoms with Crippen molar-refractivity contribution in [3.63, 3.8) is 0 Å². The first-order valence-corrected chi connectivity index (χ1v) is 12.6. The standard InChI is InChI=1S/C26H31N3O4S/c1-4-28(20-8-6-5-7-17(20)2)24(30)16-29-21-13-14-34-23(21)15-22(29)25(31)27-19-11-9-18(10-12-19)26(32)33-3/h5-8,13-15,18-19H,4,9-12,16H2,1-3H3,(H,27,31). The van der Waals surface area contributed by atoms with Crippen LogP contribution in [0.2, 0.25) is 0 Å². The molecule has 0 aliphatic heterocycles. The van der Waals surface area contributed by atoms with Crippen LogP contribution in [0.1, 0.15) is 48.7 Å². The highest BCUT2D eigenvalue weighted by molar-refractivity contribution is 7.17. The molecular weight excluding hydrogens is 450 g/mol. The Balaban J connectivity index is 1.52. The van der Waals surface area contributed by atoms with Crippen molar-refractivity contribution in [2.75, 3.05) is 18.6 Å². The molecular formula is C26H31N3O4S. The Morgan fingerprint density at radius 1 is 1.15 bits per heavy atom. The molecule has 7 nitrogen and oxygen atoms in total. The van der Waals surface area contributed by atoms with E-state index in [1.807, 2.05) is 60.2 Å². The molecule has 0 spiro atoms. The van der Waals surface area contributed by atoms with Gasteiger partial charge in [0.05, 0.1) is 23.2 Å². The van der Waals surface area contributed by atoms with Gasteiger partial charge in [-0.05, 0) is 68.7 Å². The number of aryl methyl sites for hydroxylation is 1. The lowest BCUT2D eigenvalue weighted by molar-refractivity contribution is -0.146. The summed E-state index contributed by atoms with van der Waals surface area (Å²) in [5, 5.41) is 5.10. The van der Waals surface area contributed by atoms with E-state index in [2.05, 4.69) is 5.32 Å². The number of nitrogens with zero attached hydrogens (tertiary/aromatic N) is 2. The predicted octanol–water partition coefficient (Wildman–Crippen LogP) is 4.53. The average Bonchev–Trinajstić information content (AvgIpc) is 3.43. The number of aromatic nitrogens is 1. The Morgan fingerprint density at radius 2 is 1.88 bits per heavy atom. The lowest BCUT2D eigenvalue weighted by atomic mass is 9.86. The number of anilines is 1. The molecule has 2 amide bonds. The van der Waals surface area contributed by atoms with E-state index in [9.17, 15) is 14.4 Å². The summed E-state index contributed by atoms with van der Waals surface area (Å²) in [6.07, 6.45) is 2.87. The molecule has 1 aliphatic rings. The minimum Gasteiger partial charge on any atom is -0.469 e. The highest BCUT2D eigenvalue weighted by Crippen LogP contribution is 2.28. The van der Waals surface area contributed by atoms with Crippen molar-refractivity contribution in [1.29, 1.82) is 0 Å². The second-order valence-corrected chi connectivity index (χ2v) is 9.70. The number of rotatable bonds is 7. The number of amides is 2. The number of carbonyl (C=O) groups excluding carboxylic acids is 3. The number of fused-ring (bicyclic) bond motifs is 1. The van der Waals surface area contributed by atoms with Crippen LogP contribution in [0.3, 0.4) is 0 Å². The number of benzene rings is 1. The van der Waals surface area contributed by atoms with Crippen LogP contribution in [0.25, 0.3) is 10.2 Å². The van der Waals surface area contributed by atoms with E-state index >= 15 is 0 Å². The molecule has 8 heteroatoms. The van der Waals surface area contributed by atoms with Gasteiger partial charge in [0.25, 0.3) is 5.91 Å². The number of likely N-dealkylation sites (N-methyl/N-ethyl adjacent to an activating group) is 1. The molecule has 0 bridgehead atoms. The largest absolute Gasteiger partial charge is 0.469 e. The molecule has 0 unspecified atom stereocenters. The van der Waals surface area contributed by atoms with Crippen LogP contribution in [0.5, 0.6) is 0 Å². The van der Waals surface area contributed by atoms with Gasteiger partial charge in [0, 0.05) is 18.3 Å². The maximum atomic E-state index is 13.4. The molecule has 0 saturated heterocycles. The van der Waals surface area contributed by atoms with E-state index in [-0.39, 0.29) is 36.3 Å². The molecule has 1 N–H and O–H groups in total. The fourth-order valence-corrected chi connectivity index (χ4v) is 5.63. The molecule has 2 heterocycles. The fourth-order valence-electron chi connectivity index (χ4n) is 4.80. The van der Waals surface area contributed by atoms with Crippen LogP contribution in [0.4, 0.5) is 5.69 Å². The van der Waals surface area contributed by atoms with E-state index in [0.717, 1.165) is 34.3 Å². The first-order valence-electron chi connectivity index (χ1n) is 11.7. The van der Waals surface area contributed by atoms with Gasteiger partial charge in [-0.15, -0.1) is 11.3 Å². The quantitative estimate of drug-likeness (QED) is 0.503. The van der Waals surface area contributed by atoms with Gasteiger partial charge >= 0.3 is 5.97 Å². The Labute approximate surface area is 203 Å². The molecule has 3 aromatic rings. The van der Waals surface area contributed by atoms with Crippen molar-refractivity contribution in [3.05, 3.63) is 53.0 Å². The van der Waals surface area contributed by atoms with Crippen molar-refractivity contribution in [2.24, 2.45) is 5.92 Å². The number of thiophene rings is 1. The number of carbonyl (C=O) groups is 3. The Hall–Kier alpha value is -3.13. The number of ether oxygens (including phenoxy) is 1. The fraction of sp³-hybridized carbons (Fsp3) is 0.423. The van der Waals surface area contributed by atoms with Crippen LogP contribution in [0, 0.1) is 12.8 Å². The zero-order chi connectivity index (χ0) is 24.2. The van der Waals surface area contributed by atoms with Crippen molar-refractivity contribution in [3.8, 4) is 0 Å². The van der Waals surface area contributed by atoms with Gasteiger partial charge in [-0.2, -0.15) is 0 Å². The van der Waals surface area contributed by atoms with Gasteiger partial charge in [-0.25, -0.2) is 0 Å². The van der Waals surface area contributed by atoms with Gasteiger partial charge in [-0.1, -0.05) is 18.2 Å². The van der Waals surface area contributed by atoms with Gasteiger partial charge in [0.15, 0.2) is 0 Å². The first-order chi connectivity index (χ1) is 16.4. The summed E-state index contributed by atoms with van der Waals surface area (Å²) in [5.41, 5.74) is 3.30. The van der Waals surface area contributed by atoms with Crippen molar-refractivity contribution < 1.29 is 19.1 Å². The molecule has 1 fully saturated rings. The first kappa shape index (κ1) is 24.0. The second kappa shape index (κ2) is 10.4. The zero-order valence-corrected chi connectivity index (χ0v) is 20.7. The molecule has 0 radical (unpaired) electrons. The van der Waals surface area contributed by atoms with Gasteiger partial charge < -0.3 is 19.5 Å². The van der Waals surface area contributed by atoms with E-state index in [1.165, 1.54) is 7.11 Å². The lowest BCUT2D eigenvalue weighted by Gasteiger charge is -2.28. The Bertz CT molecular complexity index is 1190. The number of para-hydroxylation sites is 1. The highest BCUT2D eigenvalue weighted by atomic mass is 32.1. The summed E-state index contributed by atoms with van der Waals surface area (Å²) in [4.78, 5) is 40.2. The lowest BCUT2D eigenvalue weighted by Crippen LogP contribution is -2.40. The molecule has 0 atom stereocenters. The number of esters is 1. The smallest absolute Gasteiger partial charge is 0.308 e. The molecule has 1 aliphatic carbocycles. The number of nitrogens with one attached hydrogen (secondary N) is 1. The minimum atomic E-state index is -0.184. The van der Waals surface area contributed by atoms with Crippen LogP contribution in [-0.2, 0) is 20.9 Å². The number of hydrogen-bond acceptors (Lipinski definition) is 5. The maximum absolute atomic E-state index is 13.4. The van der Waals surface area contributed by atoms with Gasteiger partial charge in [-0.3, -0.25) is 14.4 Å². The maximum Gasteiger partial charge on any atom is 0.308 e. The molecule has 1 aromatic carbocycles. The molecule has 1 saturated carbocycles. The third-order valence-corrected chi connectivity index (χ3v) is 7.52. The topological polar surface area (TPSA) is 80.6 Å². The van der Waals surface area contributed by atoms with Gasteiger partial charge in [0.2, 0.25) is 5.91 Å². The summed E-state index contributed by atoms with van der Waals surface area (Å²) in [7, 11) is 1.41. The normalized spacial score (nSPS) is 18.0. The minimum absolute atomic E-state index is 0.00426. The average molecular weight is 482 g/mol. The summed E-state index contributed by atoms with van der Waals surface area (Å²) in [6.45, 7) is 4.58. The summed E-state index contributed by atoms with van der Waals surface area (Å²) >= 11 is 1.55. The van der Waals surface area contributed by atoms with E-state index < -0.39 is 0 Å². The van der Waals surface area contributed by atoms with Crippen molar-refractivity contribution in [1.82, 2.24) is 9.88 Å². The predicted molar refractivity (Wildman–Crippen MR) is 134 cm³/mol. The Kier molecular flexibility index (Phi) is 7.36. The summed E-state index contributed by atoms with van der Waals surface area (Å²) in [6, 6.07) is 11.7. The van der Waals surface area contributed by atoms with E-state index in [0.29, 0.717) is 25.1 Å². The van der Waals surface area contributed by atoms with Gasteiger partial charge in [0.1, 0.15) is 12.2 Å². The second-order valence-electron chi connectivity index (χ2n) is 8.76. The number of hydrogen-bond donors (Lipinski definition) is 1. The third kappa shape index (κ3) is 4.87. The molecule has 2 aromatic heterocycles. The Morgan fingerprint density at radius 3 is 2.56 bits per heavy atom. The van der Waals surface area contributed by atoms with E-state index in [1.54, 1.807) is 16.2 Å². The van der Waals surface area contributed by atoms with Crippen molar-refractivity contribution >= 4 is 45.0 Å². The van der Waals surface area contributed by atoms with Crippen LogP contribution in [0.15, 0.2) is 41.8 Å². The van der Waals surface area contributed by atoms with Crippen molar-refractivity contribution in [2.45, 2.75) is 52.1 Å². The van der Waals surface area contributed by atoms with Crippen LogP contribution >= 0.6 is 11.3 Å². The van der Waals surface area contributed by atoms with E-state index in [4.69, 9.17) is 4.74 Å². The monoisotopic (exact) mass is 481 g/mol. The SMILES string of the molecule is CCN(C(=O)Cn1c(C(=O)NC2CCC(C(=O)OC)CC2)cc2sccc21)c1ccccc1C.